The van der Waals surface area contributed by atoms with E-state index >= 15 is 0 Å². The molecule has 170 valence electrons. The van der Waals surface area contributed by atoms with Crippen LogP contribution >= 0.6 is 22.9 Å². The molecule has 0 saturated heterocycles. The third-order valence-electron chi connectivity index (χ3n) is 4.69. The van der Waals surface area contributed by atoms with Gasteiger partial charge in [-0.25, -0.2) is 9.38 Å². The lowest BCUT2D eigenvalue weighted by atomic mass is 10.1. The lowest BCUT2D eigenvalue weighted by Crippen LogP contribution is -2.34. The molecule has 0 saturated carbocycles. The number of rotatable bonds is 10. The maximum atomic E-state index is 13.4. The van der Waals surface area contributed by atoms with Gasteiger partial charge in [0.25, 0.3) is 0 Å². The molecule has 0 spiro atoms. The molecular formula is C23H26ClFN4O2S. The van der Waals surface area contributed by atoms with Gasteiger partial charge >= 0.3 is 0 Å². The van der Waals surface area contributed by atoms with Gasteiger partial charge in [0.1, 0.15) is 17.3 Å². The fraction of sp³-hybridized carbons (Fsp3) is 0.304. The summed E-state index contributed by atoms with van der Waals surface area (Å²) in [6.45, 7) is 4.14. The number of halogens is 2. The lowest BCUT2D eigenvalue weighted by Gasteiger charge is -2.11. The first-order chi connectivity index (χ1) is 15.5. The van der Waals surface area contributed by atoms with Crippen molar-refractivity contribution in [3.8, 4) is 17.0 Å². The van der Waals surface area contributed by atoms with Crippen LogP contribution in [0.25, 0.3) is 11.3 Å². The molecule has 6 nitrogen and oxygen atoms in total. The minimum Gasteiger partial charge on any atom is -0.494 e. The Morgan fingerprint density at radius 2 is 2.03 bits per heavy atom. The smallest absolute Gasteiger partial charge is 0.233 e. The average Bonchev–Trinajstić information content (AvgIpc) is 3.17. The van der Waals surface area contributed by atoms with Crippen molar-refractivity contribution in [1.82, 2.24) is 15.2 Å². The number of hydrogen-bond acceptors (Lipinski definition) is 5. The van der Waals surface area contributed by atoms with E-state index in [4.69, 9.17) is 21.3 Å². The second-order valence-corrected chi connectivity index (χ2v) is 8.25. The third kappa shape index (κ3) is 6.41. The molecule has 0 aliphatic heterocycles. The van der Waals surface area contributed by atoms with Crippen molar-refractivity contribution in [3.05, 3.63) is 63.5 Å². The predicted molar refractivity (Wildman–Crippen MR) is 127 cm³/mol. The Morgan fingerprint density at radius 1 is 1.25 bits per heavy atom. The Labute approximate surface area is 195 Å². The van der Waals surface area contributed by atoms with Crippen molar-refractivity contribution < 1.29 is 13.9 Å². The highest BCUT2D eigenvalue weighted by Crippen LogP contribution is 2.30. The van der Waals surface area contributed by atoms with E-state index in [9.17, 15) is 9.18 Å². The number of nitrogens with zero attached hydrogens (tertiary/aromatic N) is 2. The summed E-state index contributed by atoms with van der Waals surface area (Å²) in [5, 5.41) is 8.50. The maximum Gasteiger partial charge on any atom is 0.233 e. The second kappa shape index (κ2) is 11.8. The van der Waals surface area contributed by atoms with E-state index in [1.54, 1.807) is 31.4 Å². The summed E-state index contributed by atoms with van der Waals surface area (Å²) in [5.74, 6) is 0.290. The first-order valence-electron chi connectivity index (χ1n) is 10.3. The highest BCUT2D eigenvalue weighted by molar-refractivity contribution is 7.07. The van der Waals surface area contributed by atoms with Gasteiger partial charge in [-0.1, -0.05) is 11.6 Å². The molecule has 1 heterocycles. The van der Waals surface area contributed by atoms with Crippen LogP contribution < -0.4 is 20.2 Å². The first-order valence-corrected chi connectivity index (χ1v) is 11.6. The summed E-state index contributed by atoms with van der Waals surface area (Å²) in [6, 6.07) is 11.7. The first kappa shape index (κ1) is 24.0. The summed E-state index contributed by atoms with van der Waals surface area (Å²) in [4.78, 5) is 17.2. The van der Waals surface area contributed by atoms with Crippen molar-refractivity contribution in [2.24, 2.45) is 4.99 Å². The van der Waals surface area contributed by atoms with E-state index in [1.807, 2.05) is 18.4 Å². The number of hydrogen-bond donors (Lipinski definition) is 2. The Balaban J connectivity index is 1.87. The quantitative estimate of drug-likeness (QED) is 0.427. The molecule has 2 aromatic carbocycles. The lowest BCUT2D eigenvalue weighted by molar-refractivity contribution is -0.120. The zero-order valence-electron chi connectivity index (χ0n) is 18.0. The molecule has 3 aromatic rings. The van der Waals surface area contributed by atoms with Gasteiger partial charge in [-0.05, 0) is 61.9 Å². The van der Waals surface area contributed by atoms with Gasteiger partial charge in [0.15, 0.2) is 4.80 Å². The number of benzene rings is 2. The highest BCUT2D eigenvalue weighted by atomic mass is 35.5. The number of nitrogens with one attached hydrogen (secondary N) is 2. The molecule has 0 bridgehead atoms. The molecule has 32 heavy (non-hydrogen) atoms. The molecule has 0 aliphatic rings. The van der Waals surface area contributed by atoms with E-state index in [1.165, 1.54) is 23.5 Å². The minimum absolute atomic E-state index is 0.0202. The monoisotopic (exact) mass is 476 g/mol. The molecular weight excluding hydrogens is 451 g/mol. The number of carbonyl (C=O) groups excluding carboxylic acids is 1. The van der Waals surface area contributed by atoms with Crippen LogP contribution in [0.3, 0.4) is 0 Å². The van der Waals surface area contributed by atoms with E-state index in [2.05, 4.69) is 15.2 Å². The van der Waals surface area contributed by atoms with Gasteiger partial charge in [-0.3, -0.25) is 4.79 Å². The van der Waals surface area contributed by atoms with Crippen LogP contribution in [0.15, 0.2) is 52.8 Å². The number of likely N-dealkylation sites (N-methyl/N-ethyl adjacent to an activating group) is 1. The average molecular weight is 477 g/mol. The number of ether oxygens (including phenoxy) is 1. The largest absolute Gasteiger partial charge is 0.494 e. The molecule has 0 unspecified atom stereocenters. The predicted octanol–water partition coefficient (Wildman–Crippen LogP) is 4.37. The molecule has 2 N–H and O–H groups in total. The summed E-state index contributed by atoms with van der Waals surface area (Å²) < 4.78 is 21.0. The van der Waals surface area contributed by atoms with Gasteiger partial charge in [0, 0.05) is 29.6 Å². The standard InChI is InChI=1S/C23H26ClFN4O2S/c1-3-27-22(30)14-26-11-4-12-29-20(16-5-8-18(25)9-6-16)15-32-23(29)28-19-10-7-17(24)13-21(19)31-2/h5-10,13,15,26H,3-4,11-12,14H2,1-2H3,(H,27,30). The van der Waals surface area contributed by atoms with Crippen molar-refractivity contribution >= 4 is 34.5 Å². The Morgan fingerprint density at radius 3 is 2.75 bits per heavy atom. The summed E-state index contributed by atoms with van der Waals surface area (Å²) in [7, 11) is 1.58. The van der Waals surface area contributed by atoms with Gasteiger partial charge in [-0.2, -0.15) is 0 Å². The normalized spacial score (nSPS) is 11.6. The van der Waals surface area contributed by atoms with Gasteiger partial charge in [0.05, 0.1) is 19.3 Å². The van der Waals surface area contributed by atoms with Crippen LogP contribution in [0.1, 0.15) is 13.3 Å². The summed E-state index contributed by atoms with van der Waals surface area (Å²) in [5.41, 5.74) is 2.53. The SMILES string of the molecule is CCNC(=O)CNCCCn1c(-c2ccc(F)cc2)csc1=Nc1ccc(Cl)cc1OC. The van der Waals surface area contributed by atoms with Crippen LogP contribution in [-0.4, -0.2) is 37.2 Å². The van der Waals surface area contributed by atoms with Crippen LogP contribution in [0, 0.1) is 5.82 Å². The fourth-order valence-electron chi connectivity index (χ4n) is 3.16. The Kier molecular flexibility index (Phi) is 8.84. The summed E-state index contributed by atoms with van der Waals surface area (Å²) in [6.07, 6.45) is 0.787. The molecule has 0 radical (unpaired) electrons. The van der Waals surface area contributed by atoms with Crippen LogP contribution in [0.5, 0.6) is 5.75 Å². The zero-order chi connectivity index (χ0) is 22.9. The Bertz CT molecular complexity index is 1110. The molecule has 0 aliphatic carbocycles. The van der Waals surface area contributed by atoms with E-state index < -0.39 is 0 Å². The minimum atomic E-state index is -0.277. The van der Waals surface area contributed by atoms with E-state index in [0.29, 0.717) is 36.1 Å². The molecule has 1 aromatic heterocycles. The molecule has 3 rings (SSSR count). The summed E-state index contributed by atoms with van der Waals surface area (Å²) >= 11 is 7.57. The topological polar surface area (TPSA) is 67.7 Å². The van der Waals surface area contributed by atoms with Crippen LogP contribution in [0.2, 0.25) is 5.02 Å². The maximum absolute atomic E-state index is 13.4. The van der Waals surface area contributed by atoms with Crippen LogP contribution in [-0.2, 0) is 11.3 Å². The van der Waals surface area contributed by atoms with Gasteiger partial charge in [0.2, 0.25) is 5.91 Å². The van der Waals surface area contributed by atoms with E-state index in [0.717, 1.165) is 22.5 Å². The van der Waals surface area contributed by atoms with Crippen molar-refractivity contribution in [1.29, 1.82) is 0 Å². The number of amides is 1. The number of thiazole rings is 1. The van der Waals surface area contributed by atoms with Crippen molar-refractivity contribution in [2.75, 3.05) is 26.7 Å². The zero-order valence-corrected chi connectivity index (χ0v) is 19.6. The number of aromatic nitrogens is 1. The Hall–Kier alpha value is -2.68. The molecule has 0 atom stereocenters. The highest BCUT2D eigenvalue weighted by Gasteiger charge is 2.10. The number of carbonyl (C=O) groups is 1. The molecule has 9 heteroatoms. The number of methoxy groups -OCH3 is 1. The van der Waals surface area contributed by atoms with Gasteiger partial charge < -0.3 is 19.9 Å². The molecule has 1 amide bonds. The van der Waals surface area contributed by atoms with E-state index in [-0.39, 0.29) is 18.3 Å². The molecule has 0 fully saturated rings. The fourth-order valence-corrected chi connectivity index (χ4v) is 4.27. The van der Waals surface area contributed by atoms with Crippen molar-refractivity contribution in [2.45, 2.75) is 19.9 Å². The van der Waals surface area contributed by atoms with Crippen LogP contribution in [0.4, 0.5) is 10.1 Å². The second-order valence-electron chi connectivity index (χ2n) is 6.97. The third-order valence-corrected chi connectivity index (χ3v) is 5.79. The van der Waals surface area contributed by atoms with Crippen molar-refractivity contribution in [3.63, 3.8) is 0 Å². The van der Waals surface area contributed by atoms with Gasteiger partial charge in [-0.15, -0.1) is 11.3 Å².